The zero-order chi connectivity index (χ0) is 12.8. The van der Waals surface area contributed by atoms with Crippen LogP contribution in [0.3, 0.4) is 0 Å². The van der Waals surface area contributed by atoms with Gasteiger partial charge >= 0.3 is 0 Å². The smallest absolute Gasteiger partial charge is 0.0616 e. The third-order valence-corrected chi connectivity index (χ3v) is 4.51. The highest BCUT2D eigenvalue weighted by Gasteiger charge is 2.22. The fraction of sp³-hybridized carbons (Fsp3) is 0.571. The van der Waals surface area contributed by atoms with Gasteiger partial charge in [-0.15, -0.1) is 11.8 Å². The Morgan fingerprint density at radius 1 is 1.50 bits per heavy atom. The number of aliphatic hydroxyl groups is 1. The summed E-state index contributed by atoms with van der Waals surface area (Å²) >= 11 is 1.95. The summed E-state index contributed by atoms with van der Waals surface area (Å²) < 4.78 is 5.15. The number of rotatable bonds is 7. The molecular formula is C14H21NO2S. The van der Waals surface area contributed by atoms with Crippen LogP contribution >= 0.6 is 11.8 Å². The van der Waals surface area contributed by atoms with Crippen LogP contribution in [0.15, 0.2) is 29.2 Å². The van der Waals surface area contributed by atoms with E-state index in [9.17, 15) is 0 Å². The number of nitrogens with one attached hydrogen (secondary N) is 1. The first-order chi connectivity index (χ1) is 8.83. The standard InChI is InChI=1S/C14H21NO2S/c1-17-10-12(6-7-16)15-9-13-8-11-4-2-3-5-14(11)18-13/h2-5,12-13,15-16H,6-10H2,1H3. The van der Waals surface area contributed by atoms with E-state index >= 15 is 0 Å². The van der Waals surface area contributed by atoms with Crippen LogP contribution in [0.4, 0.5) is 0 Å². The van der Waals surface area contributed by atoms with Crippen molar-refractivity contribution in [2.45, 2.75) is 29.0 Å². The van der Waals surface area contributed by atoms with Gasteiger partial charge < -0.3 is 15.2 Å². The third-order valence-electron chi connectivity index (χ3n) is 3.19. The summed E-state index contributed by atoms with van der Waals surface area (Å²) in [6.45, 7) is 1.83. The molecule has 0 saturated heterocycles. The molecule has 4 heteroatoms. The van der Waals surface area contributed by atoms with E-state index in [4.69, 9.17) is 9.84 Å². The molecule has 0 radical (unpaired) electrons. The first-order valence-corrected chi connectivity index (χ1v) is 7.29. The lowest BCUT2D eigenvalue weighted by Gasteiger charge is -2.19. The normalized spacial score (nSPS) is 19.8. The van der Waals surface area contributed by atoms with Crippen molar-refractivity contribution in [2.75, 3.05) is 26.9 Å². The number of methoxy groups -OCH3 is 1. The van der Waals surface area contributed by atoms with E-state index in [1.165, 1.54) is 10.5 Å². The van der Waals surface area contributed by atoms with Gasteiger partial charge in [0.05, 0.1) is 6.61 Å². The SMILES string of the molecule is COCC(CCO)NCC1Cc2ccccc2S1. The first-order valence-electron chi connectivity index (χ1n) is 6.41. The van der Waals surface area contributed by atoms with Crippen molar-refractivity contribution in [1.29, 1.82) is 0 Å². The molecule has 2 N–H and O–H groups in total. The number of thioether (sulfide) groups is 1. The second-order valence-corrected chi connectivity index (χ2v) is 5.97. The Bertz CT molecular complexity index is 342. The Kier molecular flexibility index (Phi) is 5.50. The van der Waals surface area contributed by atoms with Crippen molar-refractivity contribution in [3.8, 4) is 0 Å². The molecule has 0 saturated carbocycles. The maximum Gasteiger partial charge on any atom is 0.0616 e. The number of hydrogen-bond acceptors (Lipinski definition) is 4. The van der Waals surface area contributed by atoms with E-state index in [1.807, 2.05) is 11.8 Å². The molecule has 18 heavy (non-hydrogen) atoms. The minimum absolute atomic E-state index is 0.207. The number of aliphatic hydroxyl groups excluding tert-OH is 1. The fourth-order valence-electron chi connectivity index (χ4n) is 2.27. The minimum atomic E-state index is 0.207. The second-order valence-electron chi connectivity index (χ2n) is 4.62. The molecule has 1 heterocycles. The van der Waals surface area contributed by atoms with Gasteiger partial charge in [-0.05, 0) is 24.5 Å². The van der Waals surface area contributed by atoms with Crippen LogP contribution in [-0.2, 0) is 11.2 Å². The molecule has 100 valence electrons. The highest BCUT2D eigenvalue weighted by Crippen LogP contribution is 2.36. The zero-order valence-electron chi connectivity index (χ0n) is 10.8. The summed E-state index contributed by atoms with van der Waals surface area (Å²) in [4.78, 5) is 1.41. The predicted octanol–water partition coefficient (Wildman–Crippen LogP) is 1.69. The lowest BCUT2D eigenvalue weighted by Crippen LogP contribution is -2.38. The first kappa shape index (κ1) is 13.9. The van der Waals surface area contributed by atoms with Gasteiger partial charge in [0, 0.05) is 36.4 Å². The Morgan fingerprint density at radius 2 is 2.33 bits per heavy atom. The molecule has 0 aromatic heterocycles. The molecule has 0 fully saturated rings. The van der Waals surface area contributed by atoms with Gasteiger partial charge in [0.15, 0.2) is 0 Å². The molecule has 0 aliphatic carbocycles. The van der Waals surface area contributed by atoms with E-state index in [2.05, 4.69) is 29.6 Å². The van der Waals surface area contributed by atoms with E-state index in [-0.39, 0.29) is 12.6 Å². The molecule has 1 aromatic rings. The van der Waals surface area contributed by atoms with Gasteiger partial charge in [-0.25, -0.2) is 0 Å². The Balaban J connectivity index is 1.78. The maximum atomic E-state index is 9.00. The summed E-state index contributed by atoms with van der Waals surface area (Å²) in [6.07, 6.45) is 1.88. The van der Waals surface area contributed by atoms with E-state index in [0.29, 0.717) is 11.9 Å². The number of benzene rings is 1. The van der Waals surface area contributed by atoms with Gasteiger partial charge in [-0.3, -0.25) is 0 Å². The van der Waals surface area contributed by atoms with Crippen LogP contribution in [0.2, 0.25) is 0 Å². The van der Waals surface area contributed by atoms with Gasteiger partial charge in [0.1, 0.15) is 0 Å². The van der Waals surface area contributed by atoms with Gasteiger partial charge in [-0.1, -0.05) is 18.2 Å². The van der Waals surface area contributed by atoms with E-state index in [0.717, 1.165) is 19.4 Å². The van der Waals surface area contributed by atoms with Crippen LogP contribution in [0.25, 0.3) is 0 Å². The molecular weight excluding hydrogens is 246 g/mol. The Hall–Kier alpha value is -0.550. The predicted molar refractivity (Wildman–Crippen MR) is 75.2 cm³/mol. The van der Waals surface area contributed by atoms with Crippen molar-refractivity contribution < 1.29 is 9.84 Å². The largest absolute Gasteiger partial charge is 0.396 e. The maximum absolute atomic E-state index is 9.00. The van der Waals surface area contributed by atoms with E-state index < -0.39 is 0 Å². The Morgan fingerprint density at radius 3 is 3.06 bits per heavy atom. The van der Waals surface area contributed by atoms with Crippen molar-refractivity contribution >= 4 is 11.8 Å². The summed E-state index contributed by atoms with van der Waals surface area (Å²) in [7, 11) is 1.70. The van der Waals surface area contributed by atoms with Crippen molar-refractivity contribution in [1.82, 2.24) is 5.32 Å². The van der Waals surface area contributed by atoms with Gasteiger partial charge in [-0.2, -0.15) is 0 Å². The fourth-order valence-corrected chi connectivity index (χ4v) is 3.53. The van der Waals surface area contributed by atoms with Crippen molar-refractivity contribution in [3.05, 3.63) is 29.8 Å². The van der Waals surface area contributed by atoms with Gasteiger partial charge in [0.2, 0.25) is 0 Å². The lowest BCUT2D eigenvalue weighted by molar-refractivity contribution is 0.149. The van der Waals surface area contributed by atoms with Crippen LogP contribution in [0.1, 0.15) is 12.0 Å². The molecule has 0 bridgehead atoms. The van der Waals surface area contributed by atoms with Crippen molar-refractivity contribution in [2.24, 2.45) is 0 Å². The third kappa shape index (κ3) is 3.72. The molecule has 1 aromatic carbocycles. The molecule has 3 nitrogen and oxygen atoms in total. The number of ether oxygens (including phenoxy) is 1. The highest BCUT2D eigenvalue weighted by molar-refractivity contribution is 8.00. The average molecular weight is 267 g/mol. The molecule has 1 aliphatic heterocycles. The van der Waals surface area contributed by atoms with Crippen LogP contribution in [0.5, 0.6) is 0 Å². The average Bonchev–Trinajstić information content (AvgIpc) is 2.79. The Labute approximate surface area is 113 Å². The summed E-state index contributed by atoms with van der Waals surface area (Å²) in [6, 6.07) is 8.86. The summed E-state index contributed by atoms with van der Waals surface area (Å²) in [5.74, 6) is 0. The summed E-state index contributed by atoms with van der Waals surface area (Å²) in [5.41, 5.74) is 1.46. The number of fused-ring (bicyclic) bond motifs is 1. The molecule has 1 aliphatic rings. The molecule has 2 atom stereocenters. The highest BCUT2D eigenvalue weighted by atomic mass is 32.2. The topological polar surface area (TPSA) is 41.5 Å². The number of hydrogen-bond donors (Lipinski definition) is 2. The van der Waals surface area contributed by atoms with Crippen LogP contribution in [-0.4, -0.2) is 43.3 Å². The molecule has 0 spiro atoms. The second kappa shape index (κ2) is 7.14. The molecule has 0 amide bonds. The summed E-state index contributed by atoms with van der Waals surface area (Å²) in [5, 5.41) is 13.1. The lowest BCUT2D eigenvalue weighted by atomic mass is 10.1. The van der Waals surface area contributed by atoms with Crippen LogP contribution in [0, 0.1) is 0 Å². The van der Waals surface area contributed by atoms with Crippen molar-refractivity contribution in [3.63, 3.8) is 0 Å². The monoisotopic (exact) mass is 267 g/mol. The van der Waals surface area contributed by atoms with Crippen LogP contribution < -0.4 is 5.32 Å². The molecule has 2 rings (SSSR count). The van der Waals surface area contributed by atoms with E-state index in [1.54, 1.807) is 7.11 Å². The zero-order valence-corrected chi connectivity index (χ0v) is 11.6. The minimum Gasteiger partial charge on any atom is -0.396 e. The quantitative estimate of drug-likeness (QED) is 0.789. The van der Waals surface area contributed by atoms with Gasteiger partial charge in [0.25, 0.3) is 0 Å². The molecule has 2 unspecified atom stereocenters.